The smallest absolute Gasteiger partial charge is 0.265 e. The van der Waals surface area contributed by atoms with E-state index in [1.807, 2.05) is 18.4 Å². The highest BCUT2D eigenvalue weighted by atomic mass is 32.1. The van der Waals surface area contributed by atoms with Gasteiger partial charge in [0.1, 0.15) is 0 Å². The average Bonchev–Trinajstić information content (AvgIpc) is 3.33. The average molecular weight is 356 g/mol. The summed E-state index contributed by atoms with van der Waals surface area (Å²) in [6, 6.07) is 10.3. The maximum absolute atomic E-state index is 12.2. The van der Waals surface area contributed by atoms with E-state index in [-0.39, 0.29) is 17.7 Å². The molecule has 9 heteroatoms. The molecule has 0 saturated heterocycles. The minimum atomic E-state index is -0.202. The first-order valence-corrected chi connectivity index (χ1v) is 8.48. The number of tetrazole rings is 1. The quantitative estimate of drug-likeness (QED) is 0.626. The van der Waals surface area contributed by atoms with Gasteiger partial charge in [0.15, 0.2) is 5.82 Å². The molecule has 3 aromatic rings. The van der Waals surface area contributed by atoms with Crippen molar-refractivity contribution in [3.63, 3.8) is 0 Å². The van der Waals surface area contributed by atoms with Crippen molar-refractivity contribution in [3.8, 4) is 0 Å². The SMILES string of the molecule is CC(CNC(=O)c1ccc(NC(=O)c2cccs2)cc1)c1nn[nH]n1. The van der Waals surface area contributed by atoms with Gasteiger partial charge in [-0.15, -0.1) is 21.5 Å². The van der Waals surface area contributed by atoms with Gasteiger partial charge in [-0.2, -0.15) is 5.21 Å². The second kappa shape index (κ2) is 7.67. The zero-order valence-electron chi connectivity index (χ0n) is 13.4. The molecule has 0 fully saturated rings. The van der Waals surface area contributed by atoms with Crippen molar-refractivity contribution >= 4 is 28.8 Å². The molecule has 3 N–H and O–H groups in total. The maximum atomic E-state index is 12.2. The molecule has 0 bridgehead atoms. The highest BCUT2D eigenvalue weighted by molar-refractivity contribution is 7.12. The van der Waals surface area contributed by atoms with E-state index in [0.29, 0.717) is 28.5 Å². The van der Waals surface area contributed by atoms with Gasteiger partial charge < -0.3 is 10.6 Å². The van der Waals surface area contributed by atoms with Gasteiger partial charge in [0.25, 0.3) is 11.8 Å². The summed E-state index contributed by atoms with van der Waals surface area (Å²) in [5.74, 6) is 0.131. The Morgan fingerprint density at radius 2 is 2.00 bits per heavy atom. The van der Waals surface area contributed by atoms with Crippen molar-refractivity contribution in [2.24, 2.45) is 0 Å². The number of aromatic amines is 1. The lowest BCUT2D eigenvalue weighted by atomic mass is 10.1. The van der Waals surface area contributed by atoms with Gasteiger partial charge in [-0.25, -0.2) is 0 Å². The Morgan fingerprint density at radius 3 is 2.64 bits per heavy atom. The third kappa shape index (κ3) is 4.27. The maximum Gasteiger partial charge on any atom is 0.265 e. The van der Waals surface area contributed by atoms with Crippen molar-refractivity contribution in [3.05, 3.63) is 58.0 Å². The van der Waals surface area contributed by atoms with Crippen molar-refractivity contribution in [2.45, 2.75) is 12.8 Å². The number of amides is 2. The van der Waals surface area contributed by atoms with Crippen LogP contribution >= 0.6 is 11.3 Å². The number of hydrogen-bond acceptors (Lipinski definition) is 6. The Balaban J connectivity index is 1.54. The van der Waals surface area contributed by atoms with Crippen LogP contribution in [0.4, 0.5) is 5.69 Å². The van der Waals surface area contributed by atoms with Gasteiger partial charge in [0.05, 0.1) is 4.88 Å². The second-order valence-electron chi connectivity index (χ2n) is 5.39. The van der Waals surface area contributed by atoms with Crippen molar-refractivity contribution in [1.82, 2.24) is 25.9 Å². The second-order valence-corrected chi connectivity index (χ2v) is 6.34. The summed E-state index contributed by atoms with van der Waals surface area (Å²) >= 11 is 1.37. The van der Waals surface area contributed by atoms with E-state index in [0.717, 1.165) is 0 Å². The molecular weight excluding hydrogens is 340 g/mol. The van der Waals surface area contributed by atoms with E-state index < -0.39 is 0 Å². The number of nitrogens with zero attached hydrogens (tertiary/aromatic N) is 3. The molecule has 2 amide bonds. The number of H-pyrrole nitrogens is 1. The Hall–Kier alpha value is -3.07. The molecule has 2 heterocycles. The fourth-order valence-electron chi connectivity index (χ4n) is 2.12. The predicted molar refractivity (Wildman–Crippen MR) is 93.6 cm³/mol. The van der Waals surface area contributed by atoms with Crippen molar-refractivity contribution in [1.29, 1.82) is 0 Å². The monoisotopic (exact) mass is 356 g/mol. The molecule has 2 aromatic heterocycles. The number of nitrogens with one attached hydrogen (secondary N) is 3. The number of aromatic nitrogens is 4. The van der Waals surface area contributed by atoms with Crippen LogP contribution in [-0.4, -0.2) is 39.0 Å². The molecule has 8 nitrogen and oxygen atoms in total. The van der Waals surface area contributed by atoms with Gasteiger partial charge in [-0.3, -0.25) is 9.59 Å². The minimum Gasteiger partial charge on any atom is -0.351 e. The van der Waals surface area contributed by atoms with Crippen LogP contribution in [0, 0.1) is 0 Å². The number of thiophene rings is 1. The summed E-state index contributed by atoms with van der Waals surface area (Å²) in [5.41, 5.74) is 1.14. The van der Waals surface area contributed by atoms with Crippen LogP contribution in [0.15, 0.2) is 41.8 Å². The van der Waals surface area contributed by atoms with Gasteiger partial charge >= 0.3 is 0 Å². The van der Waals surface area contributed by atoms with Crippen LogP contribution in [0.25, 0.3) is 0 Å². The molecule has 0 radical (unpaired) electrons. The highest BCUT2D eigenvalue weighted by Gasteiger charge is 2.13. The largest absolute Gasteiger partial charge is 0.351 e. The first kappa shape index (κ1) is 16.8. The molecule has 1 atom stereocenters. The summed E-state index contributed by atoms with van der Waals surface area (Å²) in [4.78, 5) is 24.8. The zero-order valence-corrected chi connectivity index (χ0v) is 14.2. The van der Waals surface area contributed by atoms with Gasteiger partial charge in [-0.1, -0.05) is 18.2 Å². The van der Waals surface area contributed by atoms with Crippen LogP contribution in [0.5, 0.6) is 0 Å². The third-order valence-corrected chi connectivity index (χ3v) is 4.39. The highest BCUT2D eigenvalue weighted by Crippen LogP contribution is 2.14. The van der Waals surface area contributed by atoms with E-state index in [2.05, 4.69) is 31.3 Å². The molecule has 0 aliphatic heterocycles. The summed E-state index contributed by atoms with van der Waals surface area (Å²) in [6.07, 6.45) is 0. The number of carbonyl (C=O) groups is 2. The summed E-state index contributed by atoms with van der Waals surface area (Å²) in [7, 11) is 0. The fraction of sp³-hybridized carbons (Fsp3) is 0.188. The van der Waals surface area contributed by atoms with Gasteiger partial charge in [-0.05, 0) is 35.7 Å². The number of rotatable bonds is 6. The van der Waals surface area contributed by atoms with Gasteiger partial charge in [0.2, 0.25) is 0 Å². The molecular formula is C16H16N6O2S. The topological polar surface area (TPSA) is 113 Å². The Bertz CT molecular complexity index is 830. The van der Waals surface area contributed by atoms with Crippen LogP contribution < -0.4 is 10.6 Å². The van der Waals surface area contributed by atoms with E-state index in [9.17, 15) is 9.59 Å². The van der Waals surface area contributed by atoms with Crippen LogP contribution in [0.2, 0.25) is 0 Å². The molecule has 0 saturated carbocycles. The minimum absolute atomic E-state index is 0.0490. The zero-order chi connectivity index (χ0) is 17.6. The third-order valence-electron chi connectivity index (χ3n) is 3.52. The van der Waals surface area contributed by atoms with Crippen LogP contribution in [0.1, 0.15) is 38.7 Å². The number of anilines is 1. The molecule has 1 unspecified atom stereocenters. The Labute approximate surface area is 147 Å². The molecule has 128 valence electrons. The number of benzene rings is 1. The van der Waals surface area contributed by atoms with Crippen molar-refractivity contribution in [2.75, 3.05) is 11.9 Å². The lowest BCUT2D eigenvalue weighted by Crippen LogP contribution is -2.27. The predicted octanol–water partition coefficient (Wildman–Crippen LogP) is 2.05. The fourth-order valence-corrected chi connectivity index (χ4v) is 2.74. The molecule has 3 rings (SSSR count). The normalized spacial score (nSPS) is 11.7. The Morgan fingerprint density at radius 1 is 1.20 bits per heavy atom. The molecule has 0 aliphatic carbocycles. The summed E-state index contributed by atoms with van der Waals surface area (Å²) < 4.78 is 0. The van der Waals surface area contributed by atoms with E-state index in [1.165, 1.54) is 11.3 Å². The van der Waals surface area contributed by atoms with E-state index >= 15 is 0 Å². The number of hydrogen-bond donors (Lipinski definition) is 3. The lowest BCUT2D eigenvalue weighted by molar-refractivity contribution is 0.0951. The van der Waals surface area contributed by atoms with Crippen molar-refractivity contribution < 1.29 is 9.59 Å². The lowest BCUT2D eigenvalue weighted by Gasteiger charge is -2.09. The molecule has 0 spiro atoms. The summed E-state index contributed by atoms with van der Waals surface area (Å²) in [6.45, 7) is 2.30. The Kier molecular flexibility index (Phi) is 5.14. The van der Waals surface area contributed by atoms with E-state index in [1.54, 1.807) is 30.3 Å². The molecule has 0 aliphatic rings. The van der Waals surface area contributed by atoms with Crippen LogP contribution in [0.3, 0.4) is 0 Å². The van der Waals surface area contributed by atoms with Gasteiger partial charge in [0, 0.05) is 23.7 Å². The molecule has 25 heavy (non-hydrogen) atoms. The van der Waals surface area contributed by atoms with E-state index in [4.69, 9.17) is 0 Å². The first-order valence-electron chi connectivity index (χ1n) is 7.60. The molecule has 1 aromatic carbocycles. The summed E-state index contributed by atoms with van der Waals surface area (Å²) in [5, 5.41) is 21.1. The number of carbonyl (C=O) groups excluding carboxylic acids is 2. The standard InChI is InChI=1S/C16H16N6O2S/c1-10(14-19-21-22-20-14)9-17-15(23)11-4-6-12(7-5-11)18-16(24)13-3-2-8-25-13/h2-8,10H,9H2,1H3,(H,17,23)(H,18,24)(H,19,20,21,22). The van der Waals surface area contributed by atoms with Crippen LogP contribution in [-0.2, 0) is 0 Å². The first-order chi connectivity index (χ1) is 12.1.